The first kappa shape index (κ1) is 15.1. The number of fused-ring (bicyclic) bond motifs is 1. The number of hydrogen-bond acceptors (Lipinski definition) is 3. The number of rotatable bonds is 4. The number of hydrogen-bond donors (Lipinski definition) is 2. The van der Waals surface area contributed by atoms with Crippen LogP contribution in [0.5, 0.6) is 5.75 Å². The van der Waals surface area contributed by atoms with E-state index in [2.05, 4.69) is 10.3 Å². The number of Topliss-reactive ketones (excluding diaryl/α,β-unsaturated/α-hetero) is 1. The second-order valence-electron chi connectivity index (χ2n) is 4.88. The predicted octanol–water partition coefficient (Wildman–Crippen LogP) is 3.65. The summed E-state index contributed by atoms with van der Waals surface area (Å²) in [6.45, 7) is 0. The van der Waals surface area contributed by atoms with E-state index in [0.717, 1.165) is 0 Å². The number of benzene rings is 2. The third-order valence-corrected chi connectivity index (χ3v) is 3.68. The van der Waals surface area contributed by atoms with Crippen molar-refractivity contribution < 1.29 is 14.3 Å². The minimum atomic E-state index is -0.731. The van der Waals surface area contributed by atoms with Gasteiger partial charge >= 0.3 is 0 Å². The normalized spacial score (nSPS) is 10.5. The fourth-order valence-electron chi connectivity index (χ4n) is 2.34. The number of carbonyl (C=O) groups excluding carboxylic acids is 2. The highest BCUT2D eigenvalue weighted by atomic mass is 35.5. The molecule has 1 amide bonds. The molecule has 6 heteroatoms. The van der Waals surface area contributed by atoms with Gasteiger partial charge < -0.3 is 15.0 Å². The van der Waals surface area contributed by atoms with E-state index in [1.54, 1.807) is 42.5 Å². The van der Waals surface area contributed by atoms with E-state index >= 15 is 0 Å². The van der Waals surface area contributed by atoms with Crippen LogP contribution in [0.3, 0.4) is 0 Å². The summed E-state index contributed by atoms with van der Waals surface area (Å²) in [5, 5.41) is 3.77. The summed E-state index contributed by atoms with van der Waals surface area (Å²) in [6, 6.07) is 12.0. The Bertz CT molecular complexity index is 902. The van der Waals surface area contributed by atoms with Gasteiger partial charge in [0.2, 0.25) is 0 Å². The highest BCUT2D eigenvalue weighted by Crippen LogP contribution is 2.25. The Morgan fingerprint density at radius 2 is 1.96 bits per heavy atom. The molecule has 0 radical (unpaired) electrons. The molecule has 1 heterocycles. The number of ether oxygens (including phenoxy) is 1. The van der Waals surface area contributed by atoms with Gasteiger partial charge in [0.15, 0.2) is 0 Å². The molecule has 0 spiro atoms. The zero-order valence-electron chi connectivity index (χ0n) is 12.2. The van der Waals surface area contributed by atoms with Gasteiger partial charge in [-0.25, -0.2) is 0 Å². The molecule has 0 fully saturated rings. The van der Waals surface area contributed by atoms with Crippen LogP contribution in [0.25, 0.3) is 10.9 Å². The van der Waals surface area contributed by atoms with Gasteiger partial charge in [-0.05, 0) is 24.3 Å². The van der Waals surface area contributed by atoms with E-state index in [4.69, 9.17) is 16.3 Å². The van der Waals surface area contributed by atoms with Gasteiger partial charge in [-0.1, -0.05) is 29.8 Å². The van der Waals surface area contributed by atoms with Crippen LogP contribution in [-0.2, 0) is 4.79 Å². The summed E-state index contributed by atoms with van der Waals surface area (Å²) in [5.41, 5.74) is 1.44. The van der Waals surface area contributed by atoms with Gasteiger partial charge in [0.05, 0.1) is 18.4 Å². The summed E-state index contributed by atoms with van der Waals surface area (Å²) in [5.74, 6) is -0.880. The SMILES string of the molecule is COc1ccccc1NC(=O)C(=O)c1c[nH]c2cc(Cl)ccc12. The smallest absolute Gasteiger partial charge is 0.296 e. The number of methoxy groups -OCH3 is 1. The molecule has 116 valence electrons. The molecule has 3 aromatic rings. The molecule has 0 saturated carbocycles. The van der Waals surface area contributed by atoms with Crippen molar-refractivity contribution in [3.8, 4) is 5.75 Å². The number of H-pyrrole nitrogens is 1. The summed E-state index contributed by atoms with van der Waals surface area (Å²) in [7, 11) is 1.50. The number of anilines is 1. The summed E-state index contributed by atoms with van der Waals surface area (Å²) >= 11 is 5.91. The van der Waals surface area contributed by atoms with Gasteiger partial charge in [0.25, 0.3) is 11.7 Å². The van der Waals surface area contributed by atoms with Crippen molar-refractivity contribution in [3.63, 3.8) is 0 Å². The van der Waals surface area contributed by atoms with Crippen LogP contribution >= 0.6 is 11.6 Å². The molecule has 0 unspecified atom stereocenters. The van der Waals surface area contributed by atoms with Gasteiger partial charge in [0, 0.05) is 22.1 Å². The van der Waals surface area contributed by atoms with E-state index < -0.39 is 11.7 Å². The zero-order valence-corrected chi connectivity index (χ0v) is 13.0. The van der Waals surface area contributed by atoms with Gasteiger partial charge in [-0.15, -0.1) is 0 Å². The number of aromatic amines is 1. The number of para-hydroxylation sites is 2. The molecule has 0 aliphatic carbocycles. The second kappa shape index (κ2) is 6.14. The quantitative estimate of drug-likeness (QED) is 0.567. The standard InChI is InChI=1S/C17H13ClN2O3/c1-23-15-5-3-2-4-13(15)20-17(22)16(21)12-9-19-14-8-10(18)6-7-11(12)14/h2-9,19H,1H3,(H,20,22). The largest absolute Gasteiger partial charge is 0.495 e. The summed E-state index contributed by atoms with van der Waals surface area (Å²) in [6.07, 6.45) is 1.51. The lowest BCUT2D eigenvalue weighted by Crippen LogP contribution is -2.22. The Kier molecular flexibility index (Phi) is 4.04. The molecule has 2 aromatic carbocycles. The van der Waals surface area contributed by atoms with E-state index in [-0.39, 0.29) is 0 Å². The van der Waals surface area contributed by atoms with Crippen molar-refractivity contribution in [2.45, 2.75) is 0 Å². The lowest BCUT2D eigenvalue weighted by atomic mass is 10.1. The third kappa shape index (κ3) is 2.91. The Morgan fingerprint density at radius 1 is 1.17 bits per heavy atom. The molecule has 0 saturated heterocycles. The minimum absolute atomic E-state index is 0.295. The first-order valence-electron chi connectivity index (χ1n) is 6.85. The van der Waals surface area contributed by atoms with Crippen molar-refractivity contribution in [1.29, 1.82) is 0 Å². The first-order chi connectivity index (χ1) is 11.1. The van der Waals surface area contributed by atoms with Crippen LogP contribution in [0.2, 0.25) is 5.02 Å². The molecule has 0 atom stereocenters. The van der Waals surface area contributed by atoms with Crippen LogP contribution in [-0.4, -0.2) is 23.8 Å². The number of aromatic nitrogens is 1. The molecule has 0 bridgehead atoms. The topological polar surface area (TPSA) is 71.2 Å². The lowest BCUT2D eigenvalue weighted by Gasteiger charge is -2.08. The predicted molar refractivity (Wildman–Crippen MR) is 89.3 cm³/mol. The van der Waals surface area contributed by atoms with Crippen molar-refractivity contribution in [2.24, 2.45) is 0 Å². The fourth-order valence-corrected chi connectivity index (χ4v) is 2.51. The Morgan fingerprint density at radius 3 is 2.74 bits per heavy atom. The molecule has 0 aliphatic rings. The second-order valence-corrected chi connectivity index (χ2v) is 5.31. The summed E-state index contributed by atoms with van der Waals surface area (Å²) in [4.78, 5) is 27.6. The van der Waals surface area contributed by atoms with E-state index in [1.165, 1.54) is 13.3 Å². The monoisotopic (exact) mass is 328 g/mol. The number of amides is 1. The average molecular weight is 329 g/mol. The maximum atomic E-state index is 12.4. The van der Waals surface area contributed by atoms with Crippen LogP contribution in [0, 0.1) is 0 Å². The van der Waals surface area contributed by atoms with Gasteiger partial charge in [0.1, 0.15) is 5.75 Å². The maximum Gasteiger partial charge on any atom is 0.296 e. The zero-order chi connectivity index (χ0) is 16.4. The fraction of sp³-hybridized carbons (Fsp3) is 0.0588. The van der Waals surface area contributed by atoms with Crippen LogP contribution in [0.15, 0.2) is 48.7 Å². The number of ketones is 1. The Balaban J connectivity index is 1.88. The maximum absolute atomic E-state index is 12.4. The van der Waals surface area contributed by atoms with Crippen LogP contribution in [0.1, 0.15) is 10.4 Å². The van der Waals surface area contributed by atoms with E-state index in [9.17, 15) is 9.59 Å². The Hall–Kier alpha value is -2.79. The molecule has 23 heavy (non-hydrogen) atoms. The Labute approximate surface area is 137 Å². The molecule has 2 N–H and O–H groups in total. The number of halogens is 1. The average Bonchev–Trinajstić information content (AvgIpc) is 2.97. The highest BCUT2D eigenvalue weighted by molar-refractivity contribution is 6.48. The minimum Gasteiger partial charge on any atom is -0.495 e. The van der Waals surface area contributed by atoms with Crippen molar-refractivity contribution in [1.82, 2.24) is 4.98 Å². The highest BCUT2D eigenvalue weighted by Gasteiger charge is 2.21. The molecule has 5 nitrogen and oxygen atoms in total. The molecular formula is C17H13ClN2O3. The number of carbonyl (C=O) groups is 2. The van der Waals surface area contributed by atoms with E-state index in [1.807, 2.05) is 0 Å². The molecule has 3 rings (SSSR count). The van der Waals surface area contributed by atoms with Gasteiger partial charge in [-0.3, -0.25) is 9.59 Å². The molecule has 0 aliphatic heterocycles. The van der Waals surface area contributed by atoms with Crippen molar-refractivity contribution >= 4 is 39.9 Å². The van der Waals surface area contributed by atoms with Crippen molar-refractivity contribution in [3.05, 3.63) is 59.2 Å². The number of nitrogens with one attached hydrogen (secondary N) is 2. The molecular weight excluding hydrogens is 316 g/mol. The third-order valence-electron chi connectivity index (χ3n) is 3.45. The van der Waals surface area contributed by atoms with Crippen molar-refractivity contribution in [2.75, 3.05) is 12.4 Å². The summed E-state index contributed by atoms with van der Waals surface area (Å²) < 4.78 is 5.15. The van der Waals surface area contributed by atoms with E-state index in [0.29, 0.717) is 32.9 Å². The lowest BCUT2D eigenvalue weighted by molar-refractivity contribution is -0.112. The van der Waals surface area contributed by atoms with Crippen LogP contribution < -0.4 is 10.1 Å². The first-order valence-corrected chi connectivity index (χ1v) is 7.23. The van der Waals surface area contributed by atoms with Crippen LogP contribution in [0.4, 0.5) is 5.69 Å². The molecule has 1 aromatic heterocycles. The van der Waals surface area contributed by atoms with Gasteiger partial charge in [-0.2, -0.15) is 0 Å².